The minimum absolute atomic E-state index is 0.193. The second kappa shape index (κ2) is 8.15. The molecule has 0 saturated heterocycles. The van der Waals surface area contributed by atoms with Gasteiger partial charge in [-0.05, 0) is 54.1 Å². The number of amides is 1. The first-order chi connectivity index (χ1) is 14.6. The van der Waals surface area contributed by atoms with Crippen LogP contribution in [0.15, 0.2) is 66.7 Å². The molecule has 7 heteroatoms. The van der Waals surface area contributed by atoms with Crippen LogP contribution < -0.4 is 14.8 Å². The summed E-state index contributed by atoms with van der Waals surface area (Å²) >= 11 is 0. The zero-order chi connectivity index (χ0) is 21.1. The Morgan fingerprint density at radius 2 is 1.90 bits per heavy atom. The molecule has 4 rings (SSSR count). The van der Waals surface area contributed by atoms with Crippen molar-refractivity contribution in [3.8, 4) is 17.6 Å². The molecular formula is C23H18N3O4-. The molecule has 0 aliphatic carbocycles. The van der Waals surface area contributed by atoms with Crippen molar-refractivity contribution in [3.63, 3.8) is 0 Å². The lowest BCUT2D eigenvalue weighted by Gasteiger charge is -2.42. The van der Waals surface area contributed by atoms with Gasteiger partial charge in [-0.15, -0.1) is 0 Å². The van der Waals surface area contributed by atoms with E-state index in [2.05, 4.69) is 11.4 Å². The molecule has 0 fully saturated rings. The minimum atomic E-state index is -0.855. The highest BCUT2D eigenvalue weighted by Gasteiger charge is 2.27. The topological polar surface area (TPSA) is 97.7 Å². The number of benzene rings is 3. The maximum atomic E-state index is 12.6. The van der Waals surface area contributed by atoms with E-state index in [0.717, 1.165) is 5.56 Å². The third-order valence-corrected chi connectivity index (χ3v) is 4.88. The molecule has 30 heavy (non-hydrogen) atoms. The van der Waals surface area contributed by atoms with Gasteiger partial charge in [-0.3, -0.25) is 4.79 Å². The van der Waals surface area contributed by atoms with Gasteiger partial charge >= 0.3 is 0 Å². The number of fused-ring (bicyclic) bond motifs is 1. The SMILES string of the molecule is COc1ccc(C2Nc3ccccc3C(=O)N2[O-])cc1COc1ccc(C#N)cc1. The average molecular weight is 400 g/mol. The van der Waals surface area contributed by atoms with Gasteiger partial charge in [0.2, 0.25) is 5.91 Å². The second-order valence-electron chi connectivity index (χ2n) is 6.72. The van der Waals surface area contributed by atoms with Crippen LogP contribution in [-0.4, -0.2) is 18.1 Å². The number of ether oxygens (including phenoxy) is 2. The normalized spacial score (nSPS) is 15.0. The van der Waals surface area contributed by atoms with Gasteiger partial charge in [0.1, 0.15) is 24.3 Å². The number of methoxy groups -OCH3 is 1. The Labute approximate surface area is 173 Å². The highest BCUT2D eigenvalue weighted by Crippen LogP contribution is 2.34. The number of nitrogens with zero attached hydrogens (tertiary/aromatic N) is 2. The monoisotopic (exact) mass is 400 g/mol. The third kappa shape index (κ3) is 3.64. The van der Waals surface area contributed by atoms with E-state index < -0.39 is 12.1 Å². The maximum Gasteiger partial charge on any atom is 0.247 e. The summed E-state index contributed by atoms with van der Waals surface area (Å²) in [6.07, 6.45) is -0.855. The molecule has 0 aromatic heterocycles. The zero-order valence-electron chi connectivity index (χ0n) is 16.2. The van der Waals surface area contributed by atoms with Crippen molar-refractivity contribution < 1.29 is 14.3 Å². The lowest BCUT2D eigenvalue weighted by molar-refractivity contribution is 0.0771. The average Bonchev–Trinajstić information content (AvgIpc) is 2.80. The first kappa shape index (κ1) is 19.3. The van der Waals surface area contributed by atoms with E-state index in [1.807, 2.05) is 6.07 Å². The molecule has 0 radical (unpaired) electrons. The second-order valence-corrected chi connectivity index (χ2v) is 6.72. The summed E-state index contributed by atoms with van der Waals surface area (Å²) in [6, 6.07) is 21.0. The fourth-order valence-corrected chi connectivity index (χ4v) is 3.32. The highest BCUT2D eigenvalue weighted by molar-refractivity contribution is 6.01. The van der Waals surface area contributed by atoms with E-state index in [1.54, 1.807) is 67.8 Å². The number of hydrogen-bond acceptors (Lipinski definition) is 6. The summed E-state index contributed by atoms with van der Waals surface area (Å²) in [4.78, 5) is 12.5. The molecule has 150 valence electrons. The molecule has 3 aromatic rings. The van der Waals surface area contributed by atoms with Crippen molar-refractivity contribution in [1.29, 1.82) is 5.26 Å². The van der Waals surface area contributed by atoms with Crippen LogP contribution in [0.1, 0.15) is 33.2 Å². The summed E-state index contributed by atoms with van der Waals surface area (Å²) in [7, 11) is 1.55. The van der Waals surface area contributed by atoms with Gasteiger partial charge in [-0.1, -0.05) is 18.2 Å². The lowest BCUT2D eigenvalue weighted by Crippen LogP contribution is -2.39. The molecule has 3 aromatic carbocycles. The Bertz CT molecular complexity index is 1120. The van der Waals surface area contributed by atoms with Gasteiger partial charge < -0.3 is 25.1 Å². The van der Waals surface area contributed by atoms with Crippen molar-refractivity contribution in [2.45, 2.75) is 12.8 Å². The summed E-state index contributed by atoms with van der Waals surface area (Å²) in [5, 5.41) is 25.1. The van der Waals surface area contributed by atoms with Crippen LogP contribution in [0.25, 0.3) is 0 Å². The van der Waals surface area contributed by atoms with E-state index >= 15 is 0 Å². The number of nitriles is 1. The van der Waals surface area contributed by atoms with Gasteiger partial charge in [0.25, 0.3) is 0 Å². The van der Waals surface area contributed by atoms with Crippen LogP contribution in [0.3, 0.4) is 0 Å². The number of anilines is 1. The number of para-hydroxylation sites is 1. The molecule has 1 heterocycles. The number of nitrogens with one attached hydrogen (secondary N) is 1. The quantitative estimate of drug-likeness (QED) is 0.689. The molecule has 1 N–H and O–H groups in total. The van der Waals surface area contributed by atoms with E-state index in [9.17, 15) is 10.0 Å². The molecule has 1 aliphatic rings. The maximum absolute atomic E-state index is 12.6. The molecule has 1 unspecified atom stereocenters. The van der Waals surface area contributed by atoms with Gasteiger partial charge in [0.05, 0.1) is 24.3 Å². The molecule has 1 aliphatic heterocycles. The first-order valence-electron chi connectivity index (χ1n) is 9.26. The summed E-state index contributed by atoms with van der Waals surface area (Å²) in [6.45, 7) is 0.193. The van der Waals surface area contributed by atoms with Gasteiger partial charge in [-0.25, -0.2) is 0 Å². The van der Waals surface area contributed by atoms with Crippen LogP contribution in [0, 0.1) is 16.5 Å². The fourth-order valence-electron chi connectivity index (χ4n) is 3.32. The van der Waals surface area contributed by atoms with Crippen molar-refractivity contribution in [2.24, 2.45) is 0 Å². The molecule has 0 spiro atoms. The highest BCUT2D eigenvalue weighted by atomic mass is 16.5. The third-order valence-electron chi connectivity index (χ3n) is 4.88. The van der Waals surface area contributed by atoms with Gasteiger partial charge in [-0.2, -0.15) is 5.26 Å². The molecule has 7 nitrogen and oxygen atoms in total. The zero-order valence-corrected chi connectivity index (χ0v) is 16.2. The fraction of sp³-hybridized carbons (Fsp3) is 0.130. The van der Waals surface area contributed by atoms with Crippen LogP contribution in [0.4, 0.5) is 5.69 Å². The van der Waals surface area contributed by atoms with E-state index in [0.29, 0.717) is 38.9 Å². The molecule has 0 saturated carbocycles. The largest absolute Gasteiger partial charge is 0.754 e. The standard InChI is InChI=1S/C23H18N3O4/c1-29-21-11-8-16(12-17(21)14-30-18-9-6-15(13-24)7-10-18)22-25-20-5-3-2-4-19(20)23(27)26(22)28/h2-12,22,25H,14H2,1H3/q-1. The molecule has 0 bridgehead atoms. The lowest BCUT2D eigenvalue weighted by atomic mass is 10.0. The number of carbonyl (C=O) groups excluding carboxylic acids is 1. The summed E-state index contributed by atoms with van der Waals surface area (Å²) in [5.41, 5.74) is 2.85. The van der Waals surface area contributed by atoms with Crippen molar-refractivity contribution in [1.82, 2.24) is 5.06 Å². The van der Waals surface area contributed by atoms with E-state index in [4.69, 9.17) is 14.7 Å². The number of carbonyl (C=O) groups is 1. The Balaban J connectivity index is 1.59. The van der Waals surface area contributed by atoms with Crippen molar-refractivity contribution in [2.75, 3.05) is 12.4 Å². The Morgan fingerprint density at radius 1 is 1.13 bits per heavy atom. The van der Waals surface area contributed by atoms with Crippen LogP contribution in [-0.2, 0) is 6.61 Å². The minimum Gasteiger partial charge on any atom is -0.754 e. The van der Waals surface area contributed by atoms with Crippen LogP contribution in [0.2, 0.25) is 0 Å². The molecular weight excluding hydrogens is 382 g/mol. The number of hydrogen-bond donors (Lipinski definition) is 1. The predicted octanol–water partition coefficient (Wildman–Crippen LogP) is 4.21. The predicted molar refractivity (Wildman–Crippen MR) is 111 cm³/mol. The Kier molecular flexibility index (Phi) is 5.24. The number of hydroxylamine groups is 2. The smallest absolute Gasteiger partial charge is 0.247 e. The van der Waals surface area contributed by atoms with Crippen LogP contribution in [0.5, 0.6) is 11.5 Å². The van der Waals surface area contributed by atoms with Crippen molar-refractivity contribution >= 4 is 11.6 Å². The van der Waals surface area contributed by atoms with Crippen molar-refractivity contribution in [3.05, 3.63) is 94.2 Å². The summed E-state index contributed by atoms with van der Waals surface area (Å²) < 4.78 is 11.2. The van der Waals surface area contributed by atoms with Crippen LogP contribution >= 0.6 is 0 Å². The Hall–Kier alpha value is -4.02. The Morgan fingerprint density at radius 3 is 2.63 bits per heavy atom. The number of rotatable bonds is 5. The first-order valence-corrected chi connectivity index (χ1v) is 9.26. The van der Waals surface area contributed by atoms with Gasteiger partial charge in [0, 0.05) is 11.3 Å². The molecule has 1 amide bonds. The van der Waals surface area contributed by atoms with E-state index in [1.165, 1.54) is 0 Å². The van der Waals surface area contributed by atoms with Gasteiger partial charge in [0.15, 0.2) is 0 Å². The molecule has 1 atom stereocenters. The van der Waals surface area contributed by atoms with E-state index in [-0.39, 0.29) is 6.61 Å². The summed E-state index contributed by atoms with van der Waals surface area (Å²) in [5.74, 6) is 0.625.